The molecule has 0 aromatic carbocycles. The topological polar surface area (TPSA) is 104 Å². The molecule has 1 saturated heterocycles. The molecule has 10 atom stereocenters. The van der Waals surface area contributed by atoms with E-state index in [1.54, 1.807) is 31.3 Å². The van der Waals surface area contributed by atoms with Crippen molar-refractivity contribution >= 4 is 41.2 Å². The summed E-state index contributed by atoms with van der Waals surface area (Å²) in [5.74, 6) is 0.950. The Morgan fingerprint density at radius 1 is 0.893 bits per heavy atom. The number of esters is 1. The Labute approximate surface area is 339 Å². The lowest BCUT2D eigenvalue weighted by atomic mass is 9.32. The van der Waals surface area contributed by atoms with Crippen LogP contribution in [0.5, 0.6) is 0 Å². The average Bonchev–Trinajstić information content (AvgIpc) is 3.81. The molecule has 6 aliphatic rings. The highest BCUT2D eigenvalue weighted by atomic mass is 32.1. The van der Waals surface area contributed by atoms with E-state index in [1.807, 2.05) is 28.5 Å². The predicted molar refractivity (Wildman–Crippen MR) is 221 cm³/mol. The number of thiophene rings is 1. The van der Waals surface area contributed by atoms with Crippen molar-refractivity contribution in [2.75, 3.05) is 26.2 Å². The number of allylic oxidation sites excluding steroid dienone is 1. The van der Waals surface area contributed by atoms with Gasteiger partial charge >= 0.3 is 11.9 Å². The number of hydrogen-bond donors (Lipinski definition) is 1. The Bertz CT molecular complexity index is 1760. The van der Waals surface area contributed by atoms with E-state index >= 15 is 4.79 Å². The zero-order valence-corrected chi connectivity index (χ0v) is 36.3. The molecule has 0 unspecified atom stereocenters. The molecule has 2 amide bonds. The number of fused-ring (bicyclic) bond motifs is 7. The van der Waals surface area contributed by atoms with Gasteiger partial charge in [0.15, 0.2) is 0 Å². The third-order valence-electron chi connectivity index (χ3n) is 17.7. The van der Waals surface area contributed by atoms with E-state index in [2.05, 4.69) is 53.0 Å². The van der Waals surface area contributed by atoms with Crippen molar-refractivity contribution in [2.24, 2.45) is 62.1 Å². The van der Waals surface area contributed by atoms with Crippen LogP contribution in [0, 0.1) is 62.1 Å². The van der Waals surface area contributed by atoms with Crippen LogP contribution in [-0.4, -0.2) is 70.9 Å². The SMILES string of the molecule is C=C(C)[C@@H]1CC[C@]2(C(=O)N3CCN(C(=O)/C=C/c4cccs4)CC3)CC[C@]3(C)[C@H](CC[C@@H]4[C@@]5(C)CC[C@H](OC(=O)CC(C)(C)C(=O)O)C(C)(C)[C@@H]5CC[C@]43C)[C@@H]12. The fourth-order valence-electron chi connectivity index (χ4n) is 14.4. The minimum Gasteiger partial charge on any atom is -0.481 e. The van der Waals surface area contributed by atoms with Gasteiger partial charge in [-0.25, -0.2) is 0 Å². The number of amides is 2. The number of aliphatic carboxylic acids is 1. The first-order valence-electron chi connectivity index (χ1n) is 21.6. The molecule has 6 fully saturated rings. The zero-order valence-electron chi connectivity index (χ0n) is 35.5. The van der Waals surface area contributed by atoms with Gasteiger partial charge in [-0.2, -0.15) is 0 Å². The standard InChI is InChI=1S/C47H68N2O6S/c1-30(2)32-16-21-47(40(52)49-26-24-48(25-27-49)37(50)15-12-31-11-10-28-56-31)23-22-45(8)33(39(32)47)13-14-35-44(7)19-18-36(55-38(51)29-42(3,4)41(53)54)43(5,6)34(44)17-20-46(35,45)9/h10-12,15,28,32-36,39H,1,13-14,16-27,29H2,2-9H3,(H,53,54)/b15-12+/t32-,33+,34-,35+,36-,39+,44-,45+,46+,47-/m0/s1. The van der Waals surface area contributed by atoms with Crippen molar-refractivity contribution in [1.82, 2.24) is 9.80 Å². The maximum Gasteiger partial charge on any atom is 0.309 e. The minimum absolute atomic E-state index is 0.0178. The van der Waals surface area contributed by atoms with Crippen molar-refractivity contribution in [1.29, 1.82) is 0 Å². The van der Waals surface area contributed by atoms with Gasteiger partial charge < -0.3 is 19.6 Å². The molecule has 308 valence electrons. The number of nitrogens with zero attached hydrogens (tertiary/aromatic N) is 2. The molecule has 1 N–H and O–H groups in total. The second-order valence-electron chi connectivity index (χ2n) is 21.0. The third kappa shape index (κ3) is 6.43. The molecule has 2 heterocycles. The summed E-state index contributed by atoms with van der Waals surface area (Å²) >= 11 is 1.62. The Balaban J connectivity index is 1.09. The summed E-state index contributed by atoms with van der Waals surface area (Å²) < 4.78 is 6.19. The third-order valence-corrected chi connectivity index (χ3v) is 18.5. The van der Waals surface area contributed by atoms with Gasteiger partial charge in [0.25, 0.3) is 0 Å². The molecule has 5 saturated carbocycles. The smallest absolute Gasteiger partial charge is 0.309 e. The van der Waals surface area contributed by atoms with Gasteiger partial charge in [0.1, 0.15) is 6.10 Å². The van der Waals surface area contributed by atoms with Crippen LogP contribution in [-0.2, 0) is 23.9 Å². The molecule has 9 heteroatoms. The van der Waals surface area contributed by atoms with Crippen LogP contribution in [0.3, 0.4) is 0 Å². The van der Waals surface area contributed by atoms with Gasteiger partial charge in [0.05, 0.1) is 17.3 Å². The molecule has 1 aliphatic heterocycles. The average molecular weight is 789 g/mol. The molecule has 1 aromatic rings. The van der Waals surface area contributed by atoms with E-state index in [4.69, 9.17) is 4.74 Å². The van der Waals surface area contributed by atoms with E-state index in [0.29, 0.717) is 55.8 Å². The van der Waals surface area contributed by atoms with Crippen molar-refractivity contribution in [2.45, 2.75) is 132 Å². The van der Waals surface area contributed by atoms with E-state index in [0.717, 1.165) is 69.1 Å². The van der Waals surface area contributed by atoms with Gasteiger partial charge in [0, 0.05) is 42.5 Å². The van der Waals surface area contributed by atoms with E-state index < -0.39 is 17.4 Å². The van der Waals surface area contributed by atoms with Crippen molar-refractivity contribution in [3.05, 3.63) is 40.6 Å². The van der Waals surface area contributed by atoms with Crippen molar-refractivity contribution in [3.8, 4) is 0 Å². The van der Waals surface area contributed by atoms with Gasteiger partial charge in [0.2, 0.25) is 11.8 Å². The molecule has 1 aromatic heterocycles. The van der Waals surface area contributed by atoms with Crippen LogP contribution in [0.25, 0.3) is 6.08 Å². The van der Waals surface area contributed by atoms with Crippen LogP contribution in [0.4, 0.5) is 0 Å². The van der Waals surface area contributed by atoms with Crippen LogP contribution in [0.1, 0.15) is 131 Å². The summed E-state index contributed by atoms with van der Waals surface area (Å²) in [6.45, 7) is 24.6. The highest BCUT2D eigenvalue weighted by Crippen LogP contribution is 2.77. The Hall–Kier alpha value is -2.94. The Morgan fingerprint density at radius 3 is 2.23 bits per heavy atom. The van der Waals surface area contributed by atoms with Gasteiger partial charge in [-0.3, -0.25) is 19.2 Å². The number of rotatable bonds is 8. The number of piperazine rings is 1. The second-order valence-corrected chi connectivity index (χ2v) is 22.0. The first-order chi connectivity index (χ1) is 26.2. The molecule has 0 spiro atoms. The summed E-state index contributed by atoms with van der Waals surface area (Å²) in [6.07, 6.45) is 13.4. The highest BCUT2D eigenvalue weighted by Gasteiger charge is 2.72. The Morgan fingerprint density at radius 2 is 1.59 bits per heavy atom. The van der Waals surface area contributed by atoms with E-state index in [-0.39, 0.29) is 51.4 Å². The monoisotopic (exact) mass is 788 g/mol. The summed E-state index contributed by atoms with van der Waals surface area (Å²) in [6, 6.07) is 4.00. The quantitative estimate of drug-likeness (QED) is 0.160. The van der Waals surface area contributed by atoms with Crippen molar-refractivity contribution < 1.29 is 29.0 Å². The lowest BCUT2D eigenvalue weighted by Gasteiger charge is -2.73. The molecule has 8 nitrogen and oxygen atoms in total. The van der Waals surface area contributed by atoms with Crippen LogP contribution < -0.4 is 0 Å². The molecule has 7 rings (SSSR count). The summed E-state index contributed by atoms with van der Waals surface area (Å²) in [4.78, 5) is 58.1. The second kappa shape index (κ2) is 14.4. The largest absolute Gasteiger partial charge is 0.481 e. The fraction of sp³-hybridized carbons (Fsp3) is 0.745. The van der Waals surface area contributed by atoms with Crippen molar-refractivity contribution in [3.63, 3.8) is 0 Å². The van der Waals surface area contributed by atoms with E-state index in [1.165, 1.54) is 5.57 Å². The Kier molecular flexibility index (Phi) is 10.6. The first-order valence-corrected chi connectivity index (χ1v) is 22.5. The minimum atomic E-state index is -1.16. The number of hydrogen-bond acceptors (Lipinski definition) is 6. The fourth-order valence-corrected chi connectivity index (χ4v) is 15.0. The molecule has 0 radical (unpaired) electrons. The molecular weight excluding hydrogens is 721 g/mol. The summed E-state index contributed by atoms with van der Waals surface area (Å²) in [7, 11) is 0. The zero-order chi connectivity index (χ0) is 40.6. The van der Waals surface area contributed by atoms with E-state index in [9.17, 15) is 19.5 Å². The number of carbonyl (C=O) groups excluding carboxylic acids is 3. The van der Waals surface area contributed by atoms with Crippen LogP contribution in [0.15, 0.2) is 35.7 Å². The maximum atomic E-state index is 15.1. The van der Waals surface area contributed by atoms with Crippen LogP contribution >= 0.6 is 11.3 Å². The highest BCUT2D eigenvalue weighted by molar-refractivity contribution is 7.10. The molecule has 0 bridgehead atoms. The van der Waals surface area contributed by atoms with Crippen LogP contribution in [0.2, 0.25) is 0 Å². The normalized spacial score (nSPS) is 39.2. The lowest BCUT2D eigenvalue weighted by Crippen LogP contribution is -2.68. The number of carbonyl (C=O) groups is 4. The maximum absolute atomic E-state index is 15.1. The lowest BCUT2D eigenvalue weighted by molar-refractivity contribution is -0.250. The van der Waals surface area contributed by atoms with Gasteiger partial charge in [-0.1, -0.05) is 52.8 Å². The van der Waals surface area contributed by atoms with Gasteiger partial charge in [-0.05, 0) is 148 Å². The molecular formula is C47H68N2O6S. The summed E-state index contributed by atoms with van der Waals surface area (Å²) in [5.41, 5.74) is -0.230. The molecule has 56 heavy (non-hydrogen) atoms. The number of ether oxygens (including phenoxy) is 1. The number of carboxylic acid groups (broad SMARTS) is 1. The predicted octanol–water partition coefficient (Wildman–Crippen LogP) is 9.50. The first kappa shape index (κ1) is 41.2. The van der Waals surface area contributed by atoms with Gasteiger partial charge in [-0.15, -0.1) is 11.3 Å². The summed E-state index contributed by atoms with van der Waals surface area (Å²) in [5, 5.41) is 11.6. The number of carboxylic acids is 1. The molecule has 5 aliphatic carbocycles.